The first kappa shape index (κ1) is 22.3. The summed E-state index contributed by atoms with van der Waals surface area (Å²) >= 11 is 1.02. The van der Waals surface area contributed by atoms with Crippen LogP contribution in [0, 0.1) is 0 Å². The van der Waals surface area contributed by atoms with Gasteiger partial charge < -0.3 is 4.90 Å². The fourth-order valence-corrected chi connectivity index (χ4v) is 7.20. The number of hydrogen-bond acceptors (Lipinski definition) is 5. The van der Waals surface area contributed by atoms with Crippen LogP contribution in [0.1, 0.15) is 49.3 Å². The quantitative estimate of drug-likeness (QED) is 0.579. The highest BCUT2D eigenvalue weighted by atomic mass is 32.2. The van der Waals surface area contributed by atoms with E-state index < -0.39 is 10.0 Å². The molecular weight excluding hydrogens is 458 g/mol. The van der Waals surface area contributed by atoms with Gasteiger partial charge in [0.1, 0.15) is 0 Å². The highest BCUT2D eigenvalue weighted by molar-refractivity contribution is 7.89. The van der Waals surface area contributed by atoms with Gasteiger partial charge in [0.2, 0.25) is 15.9 Å². The van der Waals surface area contributed by atoms with Crippen LogP contribution in [0.4, 0.5) is 0 Å². The number of nitrogens with one attached hydrogen (secondary N) is 1. The monoisotopic (exact) mass is 485 g/mol. The van der Waals surface area contributed by atoms with Gasteiger partial charge in [0.25, 0.3) is 0 Å². The minimum absolute atomic E-state index is 0.0647. The number of nitrogens with zero attached hydrogens (tertiary/aromatic N) is 2. The van der Waals surface area contributed by atoms with E-state index in [9.17, 15) is 18.0 Å². The second-order valence-electron chi connectivity index (χ2n) is 8.75. The minimum Gasteiger partial charge on any atom is -0.343 e. The molecule has 2 aliphatic rings. The second-order valence-corrected chi connectivity index (χ2v) is 11.5. The molecule has 0 spiro atoms. The Bertz CT molecular complexity index is 1350. The first-order valence-corrected chi connectivity index (χ1v) is 13.7. The largest absolute Gasteiger partial charge is 0.343 e. The molecule has 1 amide bonds. The summed E-state index contributed by atoms with van der Waals surface area (Å²) in [5.41, 5.74) is 2.89. The van der Waals surface area contributed by atoms with E-state index in [2.05, 4.69) is 10.8 Å². The molecule has 1 N–H and O–H groups in total. The van der Waals surface area contributed by atoms with E-state index >= 15 is 0 Å². The second kappa shape index (κ2) is 9.04. The van der Waals surface area contributed by atoms with Crippen molar-refractivity contribution in [3.05, 3.63) is 63.3 Å². The fraction of sp³-hybridized carbons (Fsp3) is 0.417. The molecule has 1 fully saturated rings. The molecule has 9 heteroatoms. The smallest absolute Gasteiger partial charge is 0.308 e. The number of sulfonamides is 1. The summed E-state index contributed by atoms with van der Waals surface area (Å²) in [5.74, 6) is 0.0647. The predicted molar refractivity (Wildman–Crippen MR) is 129 cm³/mol. The van der Waals surface area contributed by atoms with Gasteiger partial charge in [0.15, 0.2) is 0 Å². The van der Waals surface area contributed by atoms with Gasteiger partial charge in [-0.25, -0.2) is 13.1 Å². The van der Waals surface area contributed by atoms with E-state index in [0.717, 1.165) is 62.1 Å². The summed E-state index contributed by atoms with van der Waals surface area (Å²) in [5, 5.41) is 0. The maximum atomic E-state index is 13.2. The maximum Gasteiger partial charge on any atom is 0.308 e. The fourth-order valence-electron chi connectivity index (χ4n) is 4.89. The number of benzene rings is 2. The molecule has 1 atom stereocenters. The van der Waals surface area contributed by atoms with Gasteiger partial charge in [-0.1, -0.05) is 35.6 Å². The molecule has 174 valence electrons. The van der Waals surface area contributed by atoms with Crippen molar-refractivity contribution in [3.63, 3.8) is 0 Å². The molecule has 5 rings (SSSR count). The molecule has 2 heterocycles. The molecule has 0 saturated carbocycles. The molecule has 3 aromatic rings. The van der Waals surface area contributed by atoms with Crippen LogP contribution in [0.15, 0.2) is 52.2 Å². The highest BCUT2D eigenvalue weighted by Gasteiger charge is 2.26. The maximum absolute atomic E-state index is 13.2. The number of likely N-dealkylation sites (tertiary alicyclic amines) is 1. The summed E-state index contributed by atoms with van der Waals surface area (Å²) in [7, 11) is -3.75. The van der Waals surface area contributed by atoms with Gasteiger partial charge in [-0.05, 0) is 61.4 Å². The van der Waals surface area contributed by atoms with Crippen molar-refractivity contribution in [1.82, 2.24) is 14.2 Å². The lowest BCUT2D eigenvalue weighted by Crippen LogP contribution is -2.31. The molecular formula is C24H27N3O4S2. The average Bonchev–Trinajstić information content (AvgIpc) is 3.45. The van der Waals surface area contributed by atoms with E-state index in [0.29, 0.717) is 16.8 Å². The summed E-state index contributed by atoms with van der Waals surface area (Å²) < 4.78 is 31.4. The van der Waals surface area contributed by atoms with Gasteiger partial charge in [-0.3, -0.25) is 14.2 Å². The number of aromatic nitrogens is 1. The van der Waals surface area contributed by atoms with Crippen molar-refractivity contribution in [3.8, 4) is 0 Å². The molecule has 0 bridgehead atoms. The molecule has 1 aliphatic heterocycles. The minimum atomic E-state index is -3.75. The van der Waals surface area contributed by atoms with Crippen LogP contribution in [-0.4, -0.2) is 36.9 Å². The van der Waals surface area contributed by atoms with Crippen molar-refractivity contribution >= 4 is 37.5 Å². The van der Waals surface area contributed by atoms with Gasteiger partial charge >= 0.3 is 4.87 Å². The number of carbonyl (C=O) groups excluding carboxylic acids is 1. The Morgan fingerprint density at radius 3 is 2.70 bits per heavy atom. The summed E-state index contributed by atoms with van der Waals surface area (Å²) in [6.07, 6.45) is 4.99. The van der Waals surface area contributed by atoms with Crippen molar-refractivity contribution in [2.24, 2.45) is 0 Å². The van der Waals surface area contributed by atoms with Crippen LogP contribution in [-0.2, 0) is 27.8 Å². The van der Waals surface area contributed by atoms with E-state index in [1.54, 1.807) is 22.8 Å². The highest BCUT2D eigenvalue weighted by Crippen LogP contribution is 2.31. The number of fused-ring (bicyclic) bond motifs is 2. The molecule has 2 aromatic carbocycles. The van der Waals surface area contributed by atoms with Gasteiger partial charge in [0, 0.05) is 32.1 Å². The molecule has 1 aliphatic carbocycles. The van der Waals surface area contributed by atoms with Crippen molar-refractivity contribution in [2.45, 2.75) is 56.0 Å². The number of carbonyl (C=O) groups is 1. The zero-order valence-corrected chi connectivity index (χ0v) is 20.0. The Morgan fingerprint density at radius 2 is 1.88 bits per heavy atom. The first-order chi connectivity index (χ1) is 15.9. The number of amides is 1. The van der Waals surface area contributed by atoms with Crippen molar-refractivity contribution in [2.75, 3.05) is 13.1 Å². The number of rotatable bonds is 6. The van der Waals surface area contributed by atoms with Crippen LogP contribution in [0.2, 0.25) is 0 Å². The molecule has 0 radical (unpaired) electrons. The number of thiazole rings is 1. The van der Waals surface area contributed by atoms with Gasteiger partial charge in [-0.15, -0.1) is 0 Å². The third kappa shape index (κ3) is 4.49. The molecule has 7 nitrogen and oxygen atoms in total. The number of aryl methyl sites for hydroxylation is 2. The average molecular weight is 486 g/mol. The van der Waals surface area contributed by atoms with E-state index in [4.69, 9.17) is 0 Å². The third-order valence-corrected chi connectivity index (χ3v) is 9.04. The zero-order valence-electron chi connectivity index (χ0n) is 18.3. The topological polar surface area (TPSA) is 88.5 Å². The SMILES string of the molecule is O=C(CCn1c(=O)sc2cc(S(=O)(=O)N[C@@H]3CCCc4ccccc43)ccc21)N1CCCC1. The Morgan fingerprint density at radius 1 is 1.09 bits per heavy atom. The summed E-state index contributed by atoms with van der Waals surface area (Å²) in [6, 6.07) is 12.5. The van der Waals surface area contributed by atoms with Crippen LogP contribution < -0.4 is 9.60 Å². The lowest BCUT2D eigenvalue weighted by atomic mass is 9.88. The van der Waals surface area contributed by atoms with E-state index in [1.165, 1.54) is 5.56 Å². The molecule has 33 heavy (non-hydrogen) atoms. The zero-order chi connectivity index (χ0) is 23.0. The summed E-state index contributed by atoms with van der Waals surface area (Å²) in [6.45, 7) is 1.88. The summed E-state index contributed by atoms with van der Waals surface area (Å²) in [4.78, 5) is 26.8. The lowest BCUT2D eigenvalue weighted by Gasteiger charge is -2.26. The first-order valence-electron chi connectivity index (χ1n) is 11.4. The molecule has 1 saturated heterocycles. The normalized spacial score (nSPS) is 18.5. The van der Waals surface area contributed by atoms with Crippen LogP contribution >= 0.6 is 11.3 Å². The Kier molecular flexibility index (Phi) is 6.11. The molecule has 1 aromatic heterocycles. The van der Waals surface area contributed by atoms with Crippen LogP contribution in [0.25, 0.3) is 10.2 Å². The lowest BCUT2D eigenvalue weighted by molar-refractivity contribution is -0.130. The predicted octanol–water partition coefficient (Wildman–Crippen LogP) is 3.43. The number of hydrogen-bond donors (Lipinski definition) is 1. The Balaban J connectivity index is 1.36. The van der Waals surface area contributed by atoms with Crippen LogP contribution in [0.5, 0.6) is 0 Å². The van der Waals surface area contributed by atoms with Crippen molar-refractivity contribution in [1.29, 1.82) is 0 Å². The van der Waals surface area contributed by atoms with E-state index in [1.807, 2.05) is 23.1 Å². The van der Waals surface area contributed by atoms with Crippen molar-refractivity contribution < 1.29 is 13.2 Å². The van der Waals surface area contributed by atoms with Crippen LogP contribution in [0.3, 0.4) is 0 Å². The molecule has 0 unspecified atom stereocenters. The Labute approximate surface area is 197 Å². The third-order valence-electron chi connectivity index (χ3n) is 6.62. The van der Waals surface area contributed by atoms with Gasteiger partial charge in [0.05, 0.1) is 15.1 Å². The van der Waals surface area contributed by atoms with E-state index in [-0.39, 0.29) is 28.1 Å². The Hall–Kier alpha value is -2.49. The standard InChI is InChI=1S/C24H27N3O4S2/c28-23(26-13-3-4-14-26)12-15-27-21-11-10-18(16-22(21)32-24(27)29)33(30,31)25-20-9-5-7-17-6-1-2-8-19(17)20/h1-2,6,8,10-11,16,20,25H,3-5,7,9,12-15H2/t20-/m1/s1. The van der Waals surface area contributed by atoms with Gasteiger partial charge in [-0.2, -0.15) is 0 Å².